The molecule has 0 atom stereocenters. The van der Waals surface area contributed by atoms with Gasteiger partial charge in [-0.25, -0.2) is 0 Å². The quantitative estimate of drug-likeness (QED) is 0.727. The van der Waals surface area contributed by atoms with Crippen molar-refractivity contribution in [1.82, 2.24) is 0 Å². The van der Waals surface area contributed by atoms with Gasteiger partial charge in [-0.2, -0.15) is 0 Å². The third kappa shape index (κ3) is 2.03. The van der Waals surface area contributed by atoms with Crippen LogP contribution in [-0.4, -0.2) is 6.04 Å². The summed E-state index contributed by atoms with van der Waals surface area (Å²) in [5.74, 6) is 0.919. The minimum Gasteiger partial charge on any atom is -0.382 e. The van der Waals surface area contributed by atoms with Crippen molar-refractivity contribution in [2.75, 3.05) is 5.32 Å². The zero-order valence-electron chi connectivity index (χ0n) is 8.38. The molecule has 1 heteroatoms. The normalized spacial score (nSPS) is 26.6. The first-order chi connectivity index (χ1) is 6.24. The molecule has 0 aromatic heterocycles. The van der Waals surface area contributed by atoms with Crippen LogP contribution < -0.4 is 5.32 Å². The maximum absolute atomic E-state index is 3.55. The predicted molar refractivity (Wildman–Crippen MR) is 57.0 cm³/mol. The van der Waals surface area contributed by atoms with Gasteiger partial charge in [-0.1, -0.05) is 19.1 Å². The van der Waals surface area contributed by atoms with Gasteiger partial charge in [0.1, 0.15) is 0 Å². The summed E-state index contributed by atoms with van der Waals surface area (Å²) in [6.45, 7) is 4.45. The molecule has 1 aromatic carbocycles. The maximum atomic E-state index is 3.55. The fourth-order valence-electron chi connectivity index (χ4n) is 1.99. The lowest BCUT2D eigenvalue weighted by Gasteiger charge is -2.34. The van der Waals surface area contributed by atoms with Gasteiger partial charge in [0, 0.05) is 11.7 Å². The molecule has 1 saturated carbocycles. The van der Waals surface area contributed by atoms with Crippen molar-refractivity contribution >= 4 is 5.69 Å². The Balaban J connectivity index is 1.94. The van der Waals surface area contributed by atoms with E-state index in [-0.39, 0.29) is 0 Å². The molecule has 1 aliphatic rings. The summed E-state index contributed by atoms with van der Waals surface area (Å²) in [7, 11) is 0. The standard InChI is InChI=1S/C12H17N/c1-9-4-3-5-11(6-9)13-12-7-10(2)8-12/h3-6,10,12-13H,7-8H2,1-2H3. The maximum Gasteiger partial charge on any atom is 0.0344 e. The molecule has 1 aromatic rings. The van der Waals surface area contributed by atoms with E-state index in [9.17, 15) is 0 Å². The average Bonchev–Trinajstić information content (AvgIpc) is 2.01. The predicted octanol–water partition coefficient (Wildman–Crippen LogP) is 3.21. The number of nitrogens with one attached hydrogen (secondary N) is 1. The number of anilines is 1. The molecule has 13 heavy (non-hydrogen) atoms. The Morgan fingerprint density at radius 3 is 2.69 bits per heavy atom. The fourth-order valence-corrected chi connectivity index (χ4v) is 1.99. The lowest BCUT2D eigenvalue weighted by atomic mass is 9.82. The van der Waals surface area contributed by atoms with Crippen molar-refractivity contribution in [3.63, 3.8) is 0 Å². The van der Waals surface area contributed by atoms with Gasteiger partial charge < -0.3 is 5.32 Å². The van der Waals surface area contributed by atoms with Gasteiger partial charge >= 0.3 is 0 Å². The average molecular weight is 175 g/mol. The Bertz CT molecular complexity index is 287. The van der Waals surface area contributed by atoms with Crippen molar-refractivity contribution < 1.29 is 0 Å². The van der Waals surface area contributed by atoms with E-state index < -0.39 is 0 Å². The van der Waals surface area contributed by atoms with E-state index in [0.717, 1.165) is 12.0 Å². The van der Waals surface area contributed by atoms with Crippen LogP contribution in [0.1, 0.15) is 25.3 Å². The molecule has 0 radical (unpaired) electrons. The molecule has 1 nitrogen and oxygen atoms in total. The van der Waals surface area contributed by atoms with Gasteiger partial charge in [0.05, 0.1) is 0 Å². The van der Waals surface area contributed by atoms with Crippen LogP contribution in [0, 0.1) is 12.8 Å². The first-order valence-electron chi connectivity index (χ1n) is 5.07. The number of hydrogen-bond donors (Lipinski definition) is 1. The Morgan fingerprint density at radius 2 is 2.08 bits per heavy atom. The molecular weight excluding hydrogens is 158 g/mol. The van der Waals surface area contributed by atoms with Gasteiger partial charge in [-0.05, 0) is 43.4 Å². The molecule has 1 N–H and O–H groups in total. The van der Waals surface area contributed by atoms with Gasteiger partial charge in [-0.3, -0.25) is 0 Å². The minimum atomic E-state index is 0.719. The summed E-state index contributed by atoms with van der Waals surface area (Å²) in [5, 5.41) is 3.55. The van der Waals surface area contributed by atoms with Crippen molar-refractivity contribution in [2.45, 2.75) is 32.7 Å². The third-order valence-electron chi connectivity index (χ3n) is 2.76. The van der Waals surface area contributed by atoms with Gasteiger partial charge in [0.25, 0.3) is 0 Å². The number of benzene rings is 1. The molecule has 2 rings (SSSR count). The zero-order valence-corrected chi connectivity index (χ0v) is 8.38. The minimum absolute atomic E-state index is 0.719. The van der Waals surface area contributed by atoms with Crippen LogP contribution in [0.25, 0.3) is 0 Å². The van der Waals surface area contributed by atoms with E-state index in [1.54, 1.807) is 0 Å². The van der Waals surface area contributed by atoms with Crippen LogP contribution in [0.2, 0.25) is 0 Å². The number of hydrogen-bond acceptors (Lipinski definition) is 1. The summed E-state index contributed by atoms with van der Waals surface area (Å²) in [6.07, 6.45) is 2.65. The second kappa shape index (κ2) is 3.41. The topological polar surface area (TPSA) is 12.0 Å². The Hall–Kier alpha value is -0.980. The fraction of sp³-hybridized carbons (Fsp3) is 0.500. The Labute approximate surface area is 80.2 Å². The highest BCUT2D eigenvalue weighted by Crippen LogP contribution is 2.29. The number of aryl methyl sites for hydroxylation is 1. The molecular formula is C12H17N. The Morgan fingerprint density at radius 1 is 1.31 bits per heavy atom. The second-order valence-corrected chi connectivity index (χ2v) is 4.29. The lowest BCUT2D eigenvalue weighted by molar-refractivity contribution is 0.309. The lowest BCUT2D eigenvalue weighted by Crippen LogP contribution is -2.33. The molecule has 0 unspecified atom stereocenters. The molecule has 0 heterocycles. The monoisotopic (exact) mass is 175 g/mol. The van der Waals surface area contributed by atoms with E-state index >= 15 is 0 Å². The van der Waals surface area contributed by atoms with Gasteiger partial charge in [0.15, 0.2) is 0 Å². The highest BCUT2D eigenvalue weighted by atomic mass is 14.9. The second-order valence-electron chi connectivity index (χ2n) is 4.29. The summed E-state index contributed by atoms with van der Waals surface area (Å²) < 4.78 is 0. The van der Waals surface area contributed by atoms with Crippen LogP contribution in [0.4, 0.5) is 5.69 Å². The van der Waals surface area contributed by atoms with Crippen LogP contribution in [0.3, 0.4) is 0 Å². The summed E-state index contributed by atoms with van der Waals surface area (Å²) in [5.41, 5.74) is 2.61. The van der Waals surface area contributed by atoms with Crippen molar-refractivity contribution in [2.24, 2.45) is 5.92 Å². The molecule has 0 bridgehead atoms. The largest absolute Gasteiger partial charge is 0.382 e. The van der Waals surface area contributed by atoms with Crippen LogP contribution >= 0.6 is 0 Å². The third-order valence-corrected chi connectivity index (χ3v) is 2.76. The van der Waals surface area contributed by atoms with Crippen LogP contribution in [0.15, 0.2) is 24.3 Å². The zero-order chi connectivity index (χ0) is 9.26. The van der Waals surface area contributed by atoms with E-state index in [2.05, 4.69) is 43.4 Å². The SMILES string of the molecule is Cc1cccc(NC2CC(C)C2)c1. The first-order valence-corrected chi connectivity index (χ1v) is 5.07. The van der Waals surface area contributed by atoms with E-state index in [1.807, 2.05) is 0 Å². The highest BCUT2D eigenvalue weighted by molar-refractivity contribution is 5.46. The molecule has 0 aliphatic heterocycles. The first kappa shape index (κ1) is 8.61. The molecule has 70 valence electrons. The molecule has 1 fully saturated rings. The van der Waals surface area contributed by atoms with Crippen molar-refractivity contribution in [3.8, 4) is 0 Å². The number of rotatable bonds is 2. The van der Waals surface area contributed by atoms with Crippen molar-refractivity contribution in [1.29, 1.82) is 0 Å². The summed E-state index contributed by atoms with van der Waals surface area (Å²) in [6, 6.07) is 9.32. The Kier molecular flexibility index (Phi) is 2.26. The molecule has 0 amide bonds. The molecule has 0 spiro atoms. The van der Waals surface area contributed by atoms with Crippen LogP contribution in [-0.2, 0) is 0 Å². The van der Waals surface area contributed by atoms with Crippen molar-refractivity contribution in [3.05, 3.63) is 29.8 Å². The molecule has 1 aliphatic carbocycles. The van der Waals surface area contributed by atoms with E-state index in [0.29, 0.717) is 0 Å². The van der Waals surface area contributed by atoms with Gasteiger partial charge in [-0.15, -0.1) is 0 Å². The van der Waals surface area contributed by atoms with E-state index in [1.165, 1.54) is 24.1 Å². The summed E-state index contributed by atoms with van der Waals surface area (Å²) in [4.78, 5) is 0. The van der Waals surface area contributed by atoms with E-state index in [4.69, 9.17) is 0 Å². The highest BCUT2D eigenvalue weighted by Gasteiger charge is 2.24. The van der Waals surface area contributed by atoms with Gasteiger partial charge in [0.2, 0.25) is 0 Å². The smallest absolute Gasteiger partial charge is 0.0344 e. The molecule has 0 saturated heterocycles. The summed E-state index contributed by atoms with van der Waals surface area (Å²) >= 11 is 0. The van der Waals surface area contributed by atoms with Crippen LogP contribution in [0.5, 0.6) is 0 Å².